The van der Waals surface area contributed by atoms with Gasteiger partial charge < -0.3 is 10.1 Å². The van der Waals surface area contributed by atoms with Crippen molar-refractivity contribution in [3.63, 3.8) is 0 Å². The van der Waals surface area contributed by atoms with Gasteiger partial charge in [-0.25, -0.2) is 0 Å². The van der Waals surface area contributed by atoms with Crippen molar-refractivity contribution in [1.82, 2.24) is 9.78 Å². The van der Waals surface area contributed by atoms with Crippen molar-refractivity contribution in [2.75, 3.05) is 11.9 Å². The molecule has 0 saturated carbocycles. The van der Waals surface area contributed by atoms with Gasteiger partial charge in [-0.05, 0) is 26.0 Å². The highest BCUT2D eigenvalue weighted by atomic mass is 16.6. The maximum atomic E-state index is 10.9. The van der Waals surface area contributed by atoms with Gasteiger partial charge in [0.25, 0.3) is 0 Å². The number of anilines is 1. The summed E-state index contributed by atoms with van der Waals surface area (Å²) in [6.45, 7) is 4.28. The highest BCUT2D eigenvalue weighted by molar-refractivity contribution is 5.55. The number of nitrogens with one attached hydrogen (secondary N) is 1. The van der Waals surface area contributed by atoms with Gasteiger partial charge in [-0.3, -0.25) is 14.8 Å². The Bertz CT molecular complexity index is 622. The van der Waals surface area contributed by atoms with Crippen LogP contribution >= 0.6 is 0 Å². The average molecular weight is 290 g/mol. The normalized spacial score (nSPS) is 12.0. The molecule has 112 valence electrons. The summed E-state index contributed by atoms with van der Waals surface area (Å²) in [7, 11) is 1.64. The Kier molecular flexibility index (Phi) is 4.42. The molecular formula is C14H18N4O3. The first kappa shape index (κ1) is 14.8. The predicted molar refractivity (Wildman–Crippen MR) is 79.6 cm³/mol. The second-order valence-corrected chi connectivity index (χ2v) is 4.96. The molecule has 0 amide bonds. The average Bonchev–Trinajstić information content (AvgIpc) is 2.79. The highest BCUT2D eigenvalue weighted by Crippen LogP contribution is 2.22. The topological polar surface area (TPSA) is 82.2 Å². The summed E-state index contributed by atoms with van der Waals surface area (Å²) in [4.78, 5) is 10.5. The molecule has 0 aliphatic rings. The molecule has 7 nitrogen and oxygen atoms in total. The van der Waals surface area contributed by atoms with Gasteiger partial charge in [-0.15, -0.1) is 5.10 Å². The molecule has 0 bridgehead atoms. The highest BCUT2D eigenvalue weighted by Gasteiger charge is 2.19. The molecule has 0 fully saturated rings. The Balaban J connectivity index is 1.94. The zero-order valence-electron chi connectivity index (χ0n) is 12.2. The van der Waals surface area contributed by atoms with Crippen LogP contribution in [0.3, 0.4) is 0 Å². The minimum atomic E-state index is -0.455. The summed E-state index contributed by atoms with van der Waals surface area (Å²) in [5, 5.41) is 18.0. The van der Waals surface area contributed by atoms with Crippen molar-refractivity contribution >= 4 is 11.5 Å². The van der Waals surface area contributed by atoms with E-state index < -0.39 is 4.92 Å². The van der Waals surface area contributed by atoms with Gasteiger partial charge in [0.05, 0.1) is 11.0 Å². The van der Waals surface area contributed by atoms with Crippen LogP contribution in [-0.4, -0.2) is 27.4 Å². The summed E-state index contributed by atoms with van der Waals surface area (Å²) in [6, 6.07) is 7.62. The fourth-order valence-electron chi connectivity index (χ4n) is 1.84. The van der Waals surface area contributed by atoms with Crippen LogP contribution in [0, 0.1) is 17.0 Å². The molecule has 1 heterocycles. The first-order valence-corrected chi connectivity index (χ1v) is 6.59. The van der Waals surface area contributed by atoms with E-state index in [1.807, 2.05) is 38.1 Å². The fraction of sp³-hybridized carbons (Fsp3) is 0.357. The molecule has 7 heteroatoms. The fourth-order valence-corrected chi connectivity index (χ4v) is 1.84. The molecular weight excluding hydrogens is 272 g/mol. The van der Waals surface area contributed by atoms with Gasteiger partial charge in [0.1, 0.15) is 18.6 Å². The van der Waals surface area contributed by atoms with Gasteiger partial charge in [0.15, 0.2) is 0 Å². The van der Waals surface area contributed by atoms with Crippen LogP contribution in [-0.2, 0) is 7.05 Å². The van der Waals surface area contributed by atoms with E-state index in [-0.39, 0.29) is 17.5 Å². The molecule has 21 heavy (non-hydrogen) atoms. The SMILES string of the molecule is Cc1ccc(OCC(C)Nc2nn(C)cc2[N+](=O)[O-])cc1. The summed E-state index contributed by atoms with van der Waals surface area (Å²) in [5.41, 5.74) is 1.12. The van der Waals surface area contributed by atoms with Gasteiger partial charge in [0.2, 0.25) is 5.82 Å². The molecule has 2 rings (SSSR count). The number of nitrogens with zero attached hydrogens (tertiary/aromatic N) is 3. The van der Waals surface area contributed by atoms with E-state index in [1.54, 1.807) is 7.05 Å². The van der Waals surface area contributed by atoms with Crippen LogP contribution < -0.4 is 10.1 Å². The number of ether oxygens (including phenoxy) is 1. The van der Waals surface area contributed by atoms with Gasteiger partial charge in [-0.2, -0.15) is 0 Å². The van der Waals surface area contributed by atoms with Crippen LogP contribution in [0.1, 0.15) is 12.5 Å². The van der Waals surface area contributed by atoms with Crippen molar-refractivity contribution in [2.45, 2.75) is 19.9 Å². The molecule has 0 spiro atoms. The van der Waals surface area contributed by atoms with Crippen molar-refractivity contribution in [3.8, 4) is 5.75 Å². The van der Waals surface area contributed by atoms with Crippen molar-refractivity contribution in [3.05, 3.63) is 46.1 Å². The monoisotopic (exact) mass is 290 g/mol. The zero-order valence-corrected chi connectivity index (χ0v) is 12.2. The predicted octanol–water partition coefficient (Wildman–Crippen LogP) is 2.52. The van der Waals surface area contributed by atoms with Gasteiger partial charge >= 0.3 is 5.69 Å². The Labute approximate surface area is 122 Å². The van der Waals surface area contributed by atoms with E-state index in [0.29, 0.717) is 6.61 Å². The summed E-state index contributed by atoms with van der Waals surface area (Å²) < 4.78 is 7.05. The number of nitro groups is 1. The maximum Gasteiger partial charge on any atom is 0.330 e. The molecule has 1 unspecified atom stereocenters. The van der Waals surface area contributed by atoms with E-state index in [0.717, 1.165) is 11.3 Å². The second kappa shape index (κ2) is 6.25. The third-order valence-corrected chi connectivity index (χ3v) is 2.91. The van der Waals surface area contributed by atoms with Crippen LogP contribution in [0.2, 0.25) is 0 Å². The van der Waals surface area contributed by atoms with E-state index in [9.17, 15) is 10.1 Å². The van der Waals surface area contributed by atoms with Crippen molar-refractivity contribution in [2.24, 2.45) is 7.05 Å². The Morgan fingerprint density at radius 3 is 2.71 bits per heavy atom. The Morgan fingerprint density at radius 2 is 2.10 bits per heavy atom. The third-order valence-electron chi connectivity index (χ3n) is 2.91. The van der Waals surface area contributed by atoms with E-state index in [4.69, 9.17) is 4.74 Å². The van der Waals surface area contributed by atoms with Crippen LogP contribution in [0.25, 0.3) is 0 Å². The quantitative estimate of drug-likeness (QED) is 0.653. The number of benzene rings is 1. The van der Waals surface area contributed by atoms with Gasteiger partial charge in [0, 0.05) is 7.05 Å². The molecule has 2 aromatic rings. The minimum absolute atomic E-state index is 0.0420. The molecule has 1 aromatic heterocycles. The Hall–Kier alpha value is -2.57. The molecule has 0 saturated heterocycles. The van der Waals surface area contributed by atoms with Crippen LogP contribution in [0.4, 0.5) is 11.5 Å². The second-order valence-electron chi connectivity index (χ2n) is 4.96. The van der Waals surface area contributed by atoms with E-state index >= 15 is 0 Å². The number of hydrogen-bond donors (Lipinski definition) is 1. The lowest BCUT2D eigenvalue weighted by molar-refractivity contribution is -0.384. The summed E-state index contributed by atoms with van der Waals surface area (Å²) in [5.74, 6) is 1.02. The number of rotatable bonds is 6. The minimum Gasteiger partial charge on any atom is -0.491 e. The summed E-state index contributed by atoms with van der Waals surface area (Å²) >= 11 is 0. The first-order chi connectivity index (χ1) is 9.95. The molecule has 0 aliphatic carbocycles. The Morgan fingerprint density at radius 1 is 1.43 bits per heavy atom. The number of hydrogen-bond acceptors (Lipinski definition) is 5. The number of aryl methyl sites for hydroxylation is 2. The summed E-state index contributed by atoms with van der Waals surface area (Å²) in [6.07, 6.45) is 1.37. The third kappa shape index (κ3) is 3.95. The lowest BCUT2D eigenvalue weighted by Crippen LogP contribution is -2.24. The number of aromatic nitrogens is 2. The molecule has 1 atom stereocenters. The smallest absolute Gasteiger partial charge is 0.330 e. The van der Waals surface area contributed by atoms with E-state index in [2.05, 4.69) is 10.4 Å². The molecule has 0 radical (unpaired) electrons. The van der Waals surface area contributed by atoms with Crippen molar-refractivity contribution in [1.29, 1.82) is 0 Å². The lowest BCUT2D eigenvalue weighted by Gasteiger charge is -2.14. The first-order valence-electron chi connectivity index (χ1n) is 6.59. The van der Waals surface area contributed by atoms with Gasteiger partial charge in [-0.1, -0.05) is 17.7 Å². The standard InChI is InChI=1S/C14H18N4O3/c1-10-4-6-12(7-5-10)21-9-11(2)15-14-13(18(19)20)8-17(3)16-14/h4-8,11H,9H2,1-3H3,(H,15,16). The largest absolute Gasteiger partial charge is 0.491 e. The maximum absolute atomic E-state index is 10.9. The lowest BCUT2D eigenvalue weighted by atomic mass is 10.2. The van der Waals surface area contributed by atoms with E-state index in [1.165, 1.54) is 10.9 Å². The van der Waals surface area contributed by atoms with Crippen LogP contribution in [0.15, 0.2) is 30.5 Å². The zero-order chi connectivity index (χ0) is 15.4. The van der Waals surface area contributed by atoms with Crippen molar-refractivity contribution < 1.29 is 9.66 Å². The van der Waals surface area contributed by atoms with Crippen LogP contribution in [0.5, 0.6) is 5.75 Å². The molecule has 1 N–H and O–H groups in total. The molecule has 0 aliphatic heterocycles. The molecule has 1 aromatic carbocycles.